The van der Waals surface area contributed by atoms with E-state index >= 15 is 0 Å². The molecule has 0 N–H and O–H groups in total. The summed E-state index contributed by atoms with van der Waals surface area (Å²) in [6.07, 6.45) is 0.484. The molecule has 0 heterocycles. The number of rotatable bonds is 8. The maximum absolute atomic E-state index is 11.1. The minimum atomic E-state index is -0.280. The Bertz CT molecular complexity index is 200. The van der Waals surface area contributed by atoms with Gasteiger partial charge in [-0.15, -0.1) is 0 Å². The van der Waals surface area contributed by atoms with Gasteiger partial charge in [0.15, 0.2) is 0 Å². The van der Waals surface area contributed by atoms with E-state index in [0.29, 0.717) is 6.61 Å². The summed E-state index contributed by atoms with van der Waals surface area (Å²) in [5.41, 5.74) is 0. The van der Waals surface area contributed by atoms with Gasteiger partial charge in [-0.1, -0.05) is 13.8 Å². The molecule has 0 saturated carbocycles. The second-order valence-corrected chi connectivity index (χ2v) is 3.45. The zero-order chi connectivity index (χ0) is 11.7. The molecule has 0 radical (unpaired) electrons. The Balaban J connectivity index is 3.49. The lowest BCUT2D eigenvalue weighted by Crippen LogP contribution is -2.27. The number of carbonyl (C=O) groups is 2. The van der Waals surface area contributed by atoms with Crippen molar-refractivity contribution in [3.63, 3.8) is 0 Å². The molecule has 0 rings (SSSR count). The van der Waals surface area contributed by atoms with Gasteiger partial charge in [-0.05, 0) is 20.0 Å². The van der Waals surface area contributed by atoms with Crippen LogP contribution in [0.3, 0.4) is 0 Å². The molecule has 4 heteroatoms. The Hall–Kier alpha value is -0.900. The van der Waals surface area contributed by atoms with E-state index in [-0.39, 0.29) is 24.6 Å². The lowest BCUT2D eigenvalue weighted by molar-refractivity contribution is -0.145. The molecule has 0 spiro atoms. The number of hydrogen-bond acceptors (Lipinski definition) is 4. The molecule has 0 aliphatic heterocycles. The monoisotopic (exact) mass is 215 g/mol. The molecule has 0 aliphatic rings. The molecule has 0 bridgehead atoms. The van der Waals surface area contributed by atoms with Crippen molar-refractivity contribution in [2.75, 3.05) is 26.2 Å². The summed E-state index contributed by atoms with van der Waals surface area (Å²) in [4.78, 5) is 23.9. The van der Waals surface area contributed by atoms with Crippen LogP contribution in [0.25, 0.3) is 0 Å². The van der Waals surface area contributed by atoms with E-state index in [1.807, 2.05) is 0 Å². The summed E-state index contributed by atoms with van der Waals surface area (Å²) in [5, 5.41) is 0. The Morgan fingerprint density at radius 3 is 2.20 bits per heavy atom. The van der Waals surface area contributed by atoms with Crippen LogP contribution in [0.4, 0.5) is 0 Å². The predicted molar refractivity (Wildman–Crippen MR) is 58.7 cm³/mol. The van der Waals surface area contributed by atoms with Gasteiger partial charge in [0.2, 0.25) is 0 Å². The molecule has 0 aromatic heterocycles. The first-order chi connectivity index (χ1) is 7.10. The van der Waals surface area contributed by atoms with Gasteiger partial charge < -0.3 is 14.4 Å². The summed E-state index contributed by atoms with van der Waals surface area (Å²) in [6.45, 7) is 8.71. The van der Waals surface area contributed by atoms with E-state index in [9.17, 15) is 9.59 Å². The number of nitrogens with zero attached hydrogens (tertiary/aromatic N) is 1. The van der Waals surface area contributed by atoms with Crippen LogP contribution >= 0.6 is 0 Å². The van der Waals surface area contributed by atoms with Gasteiger partial charge in [-0.25, -0.2) is 0 Å². The molecule has 0 amide bonds. The zero-order valence-electron chi connectivity index (χ0n) is 9.91. The molecule has 0 fully saturated rings. The van der Waals surface area contributed by atoms with Gasteiger partial charge in [-0.3, -0.25) is 4.79 Å². The van der Waals surface area contributed by atoms with Crippen molar-refractivity contribution in [1.82, 2.24) is 4.90 Å². The Labute approximate surface area is 91.6 Å². The van der Waals surface area contributed by atoms with Crippen LogP contribution in [0.1, 0.15) is 33.6 Å². The Kier molecular flexibility index (Phi) is 7.91. The smallest absolute Gasteiger partial charge is 0.306 e. The summed E-state index contributed by atoms with van der Waals surface area (Å²) in [5.74, 6) is -0.256. The number of ketones is 1. The Morgan fingerprint density at radius 1 is 1.13 bits per heavy atom. The molecule has 4 nitrogen and oxygen atoms in total. The highest BCUT2D eigenvalue weighted by atomic mass is 16.5. The standard InChI is InChI=1S/C11H21NO3/c1-4-12(5-2)8-9-15-11(14)7-6-10(3)13/h4-9H2,1-3H3. The van der Waals surface area contributed by atoms with Crippen molar-refractivity contribution >= 4 is 11.8 Å². The first-order valence-electron chi connectivity index (χ1n) is 5.47. The number of ether oxygens (including phenoxy) is 1. The normalized spacial score (nSPS) is 10.4. The van der Waals surface area contributed by atoms with E-state index in [1.165, 1.54) is 6.92 Å². The predicted octanol–water partition coefficient (Wildman–Crippen LogP) is 1.24. The third kappa shape index (κ3) is 8.12. The average Bonchev–Trinajstić information content (AvgIpc) is 2.21. The number of Topliss-reactive ketones (excluding diaryl/α,β-unsaturated/α-hetero) is 1. The fraction of sp³-hybridized carbons (Fsp3) is 0.818. The van der Waals surface area contributed by atoms with Gasteiger partial charge in [0.05, 0.1) is 6.42 Å². The van der Waals surface area contributed by atoms with Crippen molar-refractivity contribution in [2.24, 2.45) is 0 Å². The van der Waals surface area contributed by atoms with Crippen molar-refractivity contribution in [3.8, 4) is 0 Å². The van der Waals surface area contributed by atoms with E-state index < -0.39 is 0 Å². The van der Waals surface area contributed by atoms with E-state index in [0.717, 1.165) is 19.6 Å². The summed E-state index contributed by atoms with van der Waals surface area (Å²) >= 11 is 0. The first kappa shape index (κ1) is 14.1. The highest BCUT2D eigenvalue weighted by molar-refractivity contribution is 5.80. The van der Waals surface area contributed by atoms with Crippen LogP contribution in [0.2, 0.25) is 0 Å². The van der Waals surface area contributed by atoms with Crippen LogP contribution < -0.4 is 0 Å². The van der Waals surface area contributed by atoms with Crippen molar-refractivity contribution in [1.29, 1.82) is 0 Å². The lowest BCUT2D eigenvalue weighted by atomic mass is 10.2. The van der Waals surface area contributed by atoms with Crippen LogP contribution in [0.5, 0.6) is 0 Å². The van der Waals surface area contributed by atoms with Crippen LogP contribution in [-0.2, 0) is 14.3 Å². The fourth-order valence-electron chi connectivity index (χ4n) is 1.18. The largest absolute Gasteiger partial charge is 0.464 e. The summed E-state index contributed by atoms with van der Waals surface area (Å²) in [7, 11) is 0. The summed E-state index contributed by atoms with van der Waals surface area (Å²) < 4.78 is 4.99. The van der Waals surface area contributed by atoms with E-state index in [1.54, 1.807) is 0 Å². The number of carbonyl (C=O) groups excluding carboxylic acids is 2. The second-order valence-electron chi connectivity index (χ2n) is 3.45. The molecule has 0 aliphatic carbocycles. The minimum absolute atomic E-state index is 0.0238. The van der Waals surface area contributed by atoms with Crippen LogP contribution in [0.15, 0.2) is 0 Å². The van der Waals surface area contributed by atoms with Gasteiger partial charge in [0.25, 0.3) is 0 Å². The van der Waals surface area contributed by atoms with Gasteiger partial charge in [0.1, 0.15) is 12.4 Å². The molecule has 0 unspecified atom stereocenters. The summed E-state index contributed by atoms with van der Waals surface area (Å²) in [6, 6.07) is 0. The quantitative estimate of drug-likeness (QED) is 0.571. The SMILES string of the molecule is CCN(CC)CCOC(=O)CCC(C)=O. The Morgan fingerprint density at radius 2 is 1.73 bits per heavy atom. The van der Waals surface area contributed by atoms with Gasteiger partial charge in [-0.2, -0.15) is 0 Å². The molecule has 0 aromatic carbocycles. The third-order valence-electron chi connectivity index (χ3n) is 2.25. The van der Waals surface area contributed by atoms with E-state index in [2.05, 4.69) is 18.7 Å². The molecular formula is C11H21NO3. The lowest BCUT2D eigenvalue weighted by Gasteiger charge is -2.17. The van der Waals surface area contributed by atoms with Crippen molar-refractivity contribution in [3.05, 3.63) is 0 Å². The number of likely N-dealkylation sites (N-methyl/N-ethyl adjacent to an activating group) is 1. The van der Waals surface area contributed by atoms with Crippen molar-refractivity contribution in [2.45, 2.75) is 33.6 Å². The second kappa shape index (κ2) is 8.41. The molecule has 88 valence electrons. The maximum Gasteiger partial charge on any atom is 0.306 e. The maximum atomic E-state index is 11.1. The molecule has 0 saturated heterocycles. The van der Waals surface area contributed by atoms with Gasteiger partial charge in [0, 0.05) is 13.0 Å². The third-order valence-corrected chi connectivity index (χ3v) is 2.25. The highest BCUT2D eigenvalue weighted by Gasteiger charge is 2.05. The molecule has 15 heavy (non-hydrogen) atoms. The van der Waals surface area contributed by atoms with Crippen LogP contribution in [0, 0.1) is 0 Å². The minimum Gasteiger partial charge on any atom is -0.464 e. The number of hydrogen-bond donors (Lipinski definition) is 0. The van der Waals surface area contributed by atoms with E-state index in [4.69, 9.17) is 4.74 Å². The molecule has 0 aromatic rings. The zero-order valence-corrected chi connectivity index (χ0v) is 9.91. The molecular weight excluding hydrogens is 194 g/mol. The number of esters is 1. The fourth-order valence-corrected chi connectivity index (χ4v) is 1.18. The van der Waals surface area contributed by atoms with Crippen LogP contribution in [-0.4, -0.2) is 42.9 Å². The van der Waals surface area contributed by atoms with Crippen molar-refractivity contribution < 1.29 is 14.3 Å². The first-order valence-corrected chi connectivity index (χ1v) is 5.47. The average molecular weight is 215 g/mol. The topological polar surface area (TPSA) is 46.6 Å². The van der Waals surface area contributed by atoms with Gasteiger partial charge >= 0.3 is 5.97 Å². The molecule has 0 atom stereocenters. The highest BCUT2D eigenvalue weighted by Crippen LogP contribution is 1.95.